The van der Waals surface area contributed by atoms with E-state index in [1.54, 1.807) is 6.20 Å². The van der Waals surface area contributed by atoms with E-state index in [0.717, 1.165) is 12.2 Å². The van der Waals surface area contributed by atoms with E-state index in [-0.39, 0.29) is 5.41 Å². The van der Waals surface area contributed by atoms with Crippen molar-refractivity contribution in [1.29, 1.82) is 0 Å². The molecule has 1 aromatic carbocycles. The predicted molar refractivity (Wildman–Crippen MR) is 74.6 cm³/mol. The summed E-state index contributed by atoms with van der Waals surface area (Å²) in [7, 11) is 2.01. The number of nitrogens with one attached hydrogen (secondary N) is 2. The Morgan fingerprint density at radius 3 is 2.56 bits per heavy atom. The van der Waals surface area contributed by atoms with Crippen molar-refractivity contribution in [2.24, 2.45) is 0 Å². The molecule has 1 aromatic heterocycles. The van der Waals surface area contributed by atoms with Crippen molar-refractivity contribution >= 4 is 0 Å². The molecule has 0 radical (unpaired) electrons. The third kappa shape index (κ3) is 2.62. The third-order valence-corrected chi connectivity index (χ3v) is 3.69. The molecule has 0 fully saturated rings. The Morgan fingerprint density at radius 1 is 1.28 bits per heavy atom. The molecule has 2 N–H and O–H groups in total. The highest BCUT2D eigenvalue weighted by molar-refractivity contribution is 5.26. The van der Waals surface area contributed by atoms with Gasteiger partial charge in [-0.2, -0.15) is 0 Å². The van der Waals surface area contributed by atoms with Crippen LogP contribution in [0.1, 0.15) is 25.2 Å². The number of hydrogen-bond acceptors (Lipinski definition) is 2. The molecule has 0 saturated carbocycles. The van der Waals surface area contributed by atoms with Crippen molar-refractivity contribution in [3.05, 3.63) is 54.1 Å². The summed E-state index contributed by atoms with van der Waals surface area (Å²) in [5.74, 6) is 1.03. The molecule has 96 valence electrons. The lowest BCUT2D eigenvalue weighted by molar-refractivity contribution is 0.352. The maximum absolute atomic E-state index is 4.32. The number of imidazole rings is 1. The van der Waals surface area contributed by atoms with Gasteiger partial charge in [-0.25, -0.2) is 4.98 Å². The molecule has 0 aliphatic heterocycles. The number of hydrogen-bond donors (Lipinski definition) is 2. The summed E-state index contributed by atoms with van der Waals surface area (Å²) >= 11 is 0. The molecule has 18 heavy (non-hydrogen) atoms. The highest BCUT2D eigenvalue weighted by atomic mass is 14.9. The first kappa shape index (κ1) is 12.8. The molecule has 3 nitrogen and oxygen atoms in total. The number of aromatic nitrogens is 2. The lowest BCUT2D eigenvalue weighted by Crippen LogP contribution is -2.44. The van der Waals surface area contributed by atoms with Crippen LogP contribution in [-0.2, 0) is 11.8 Å². The minimum absolute atomic E-state index is 0.0583. The van der Waals surface area contributed by atoms with E-state index in [1.165, 1.54) is 5.56 Å². The zero-order valence-corrected chi connectivity index (χ0v) is 11.3. The van der Waals surface area contributed by atoms with Crippen LogP contribution < -0.4 is 5.32 Å². The molecule has 0 aliphatic rings. The zero-order valence-electron chi connectivity index (χ0n) is 11.3. The zero-order chi connectivity index (χ0) is 13.0. The second-order valence-corrected chi connectivity index (χ2v) is 5.17. The van der Waals surface area contributed by atoms with E-state index in [2.05, 4.69) is 59.5 Å². The van der Waals surface area contributed by atoms with E-state index in [4.69, 9.17) is 0 Å². The van der Waals surface area contributed by atoms with Crippen LogP contribution in [0.2, 0.25) is 0 Å². The first-order chi connectivity index (χ1) is 8.64. The highest BCUT2D eigenvalue weighted by Gasteiger charge is 2.30. The molecule has 1 heterocycles. The van der Waals surface area contributed by atoms with Gasteiger partial charge in [-0.15, -0.1) is 0 Å². The average Bonchev–Trinajstić information content (AvgIpc) is 2.89. The fourth-order valence-corrected chi connectivity index (χ4v) is 2.39. The van der Waals surface area contributed by atoms with Gasteiger partial charge in [0.15, 0.2) is 0 Å². The Balaban J connectivity index is 2.21. The molecule has 0 bridgehead atoms. The summed E-state index contributed by atoms with van der Waals surface area (Å²) < 4.78 is 0. The largest absolute Gasteiger partial charge is 0.349 e. The lowest BCUT2D eigenvalue weighted by atomic mass is 9.76. The molecule has 3 heteroatoms. The summed E-state index contributed by atoms with van der Waals surface area (Å²) in [5.41, 5.74) is 1.40. The lowest BCUT2D eigenvalue weighted by Gasteiger charge is -2.34. The van der Waals surface area contributed by atoms with Gasteiger partial charge in [-0.05, 0) is 12.6 Å². The van der Waals surface area contributed by atoms with Gasteiger partial charge in [-0.1, -0.05) is 44.2 Å². The summed E-state index contributed by atoms with van der Waals surface area (Å²) in [4.78, 5) is 7.49. The van der Waals surface area contributed by atoms with Crippen LogP contribution in [0, 0.1) is 0 Å². The van der Waals surface area contributed by atoms with Crippen LogP contribution in [0.25, 0.3) is 0 Å². The Morgan fingerprint density at radius 2 is 2.00 bits per heavy atom. The average molecular weight is 243 g/mol. The summed E-state index contributed by atoms with van der Waals surface area (Å²) in [5, 5.41) is 3.42. The Kier molecular flexibility index (Phi) is 3.82. The van der Waals surface area contributed by atoms with Crippen LogP contribution in [0.3, 0.4) is 0 Å². The van der Waals surface area contributed by atoms with Gasteiger partial charge in [0.2, 0.25) is 0 Å². The molecular formula is C15H21N3. The van der Waals surface area contributed by atoms with E-state index < -0.39 is 0 Å². The second-order valence-electron chi connectivity index (χ2n) is 5.17. The van der Waals surface area contributed by atoms with Gasteiger partial charge in [0.05, 0.1) is 0 Å². The van der Waals surface area contributed by atoms with Gasteiger partial charge in [-0.3, -0.25) is 0 Å². The minimum atomic E-state index is 0.0583. The van der Waals surface area contributed by atoms with E-state index >= 15 is 0 Å². The van der Waals surface area contributed by atoms with Crippen LogP contribution in [0.5, 0.6) is 0 Å². The van der Waals surface area contributed by atoms with Gasteiger partial charge >= 0.3 is 0 Å². The SMILES string of the molecule is CNC(Cc1ncc[nH]1)C(C)(C)c1ccccc1. The topological polar surface area (TPSA) is 40.7 Å². The van der Waals surface area contributed by atoms with Gasteiger partial charge in [0.1, 0.15) is 5.82 Å². The normalized spacial score (nSPS) is 13.5. The fraction of sp³-hybridized carbons (Fsp3) is 0.400. The first-order valence-corrected chi connectivity index (χ1v) is 6.35. The molecule has 0 amide bonds. The van der Waals surface area contributed by atoms with E-state index in [1.807, 2.05) is 13.2 Å². The molecular weight excluding hydrogens is 222 g/mol. The number of aromatic amines is 1. The first-order valence-electron chi connectivity index (χ1n) is 6.35. The molecule has 1 atom stereocenters. The summed E-state index contributed by atoms with van der Waals surface area (Å²) in [6.07, 6.45) is 4.57. The van der Waals surface area contributed by atoms with Crippen LogP contribution in [0.4, 0.5) is 0 Å². The van der Waals surface area contributed by atoms with Crippen molar-refractivity contribution in [3.63, 3.8) is 0 Å². The number of nitrogens with zero attached hydrogens (tertiary/aromatic N) is 1. The maximum Gasteiger partial charge on any atom is 0.107 e. The maximum atomic E-state index is 4.32. The smallest absolute Gasteiger partial charge is 0.107 e. The number of H-pyrrole nitrogens is 1. The Bertz CT molecular complexity index is 460. The van der Waals surface area contributed by atoms with Crippen LogP contribution in [0.15, 0.2) is 42.7 Å². The van der Waals surface area contributed by atoms with Gasteiger partial charge in [0.25, 0.3) is 0 Å². The molecule has 0 spiro atoms. The Hall–Kier alpha value is -1.61. The summed E-state index contributed by atoms with van der Waals surface area (Å²) in [6.45, 7) is 4.54. The number of benzene rings is 1. The molecule has 0 aliphatic carbocycles. The van der Waals surface area contributed by atoms with Crippen molar-refractivity contribution < 1.29 is 0 Å². The second kappa shape index (κ2) is 5.36. The minimum Gasteiger partial charge on any atom is -0.349 e. The third-order valence-electron chi connectivity index (χ3n) is 3.69. The fourth-order valence-electron chi connectivity index (χ4n) is 2.39. The van der Waals surface area contributed by atoms with Crippen molar-refractivity contribution in [2.75, 3.05) is 7.05 Å². The quantitative estimate of drug-likeness (QED) is 0.847. The molecule has 0 saturated heterocycles. The summed E-state index contributed by atoms with van der Waals surface area (Å²) in [6, 6.07) is 11.0. The number of likely N-dealkylation sites (N-methyl/N-ethyl adjacent to an activating group) is 1. The molecule has 2 aromatic rings. The van der Waals surface area contributed by atoms with Crippen LogP contribution >= 0.6 is 0 Å². The van der Waals surface area contributed by atoms with E-state index in [9.17, 15) is 0 Å². The number of rotatable bonds is 5. The van der Waals surface area contributed by atoms with Crippen molar-refractivity contribution in [2.45, 2.75) is 31.7 Å². The highest BCUT2D eigenvalue weighted by Crippen LogP contribution is 2.28. The van der Waals surface area contributed by atoms with Crippen molar-refractivity contribution in [1.82, 2.24) is 15.3 Å². The standard InChI is InChI=1S/C15H21N3/c1-15(2,12-7-5-4-6-8-12)13(16-3)11-14-17-9-10-18-14/h4-10,13,16H,11H2,1-3H3,(H,17,18). The Labute approximate surface area is 109 Å². The monoisotopic (exact) mass is 243 g/mol. The van der Waals surface area contributed by atoms with Gasteiger partial charge < -0.3 is 10.3 Å². The van der Waals surface area contributed by atoms with E-state index in [0.29, 0.717) is 6.04 Å². The molecule has 1 unspecified atom stereocenters. The molecule has 2 rings (SSSR count). The van der Waals surface area contributed by atoms with Gasteiger partial charge in [0, 0.05) is 30.3 Å². The van der Waals surface area contributed by atoms with Crippen LogP contribution in [-0.4, -0.2) is 23.1 Å². The predicted octanol–water partition coefficient (Wildman–Crippen LogP) is 2.52. The van der Waals surface area contributed by atoms with Crippen molar-refractivity contribution in [3.8, 4) is 0 Å².